The molecule has 1 aliphatic rings. The van der Waals surface area contributed by atoms with E-state index >= 15 is 0 Å². The van der Waals surface area contributed by atoms with Crippen LogP contribution in [0.5, 0.6) is 0 Å². The van der Waals surface area contributed by atoms with Crippen LogP contribution in [0.15, 0.2) is 6.07 Å². The molecule has 0 aliphatic carbocycles. The molecule has 0 radical (unpaired) electrons. The highest BCUT2D eigenvalue weighted by atomic mass is 32.2. The topological polar surface area (TPSA) is 89.2 Å². The molecule has 1 N–H and O–H groups in total. The molecule has 0 bridgehead atoms. The second kappa shape index (κ2) is 4.80. The standard InChI is InChI=1S/C11H12F3N5O2S/c1-6-4-8(16-7-2-3-22(20,21)5-7)19-10(15-6)17-9(18-19)11(12,13)14/h4,7,16H,2-3,5H2,1H3/t7-/m0/s1. The molecule has 0 saturated carbocycles. The summed E-state index contributed by atoms with van der Waals surface area (Å²) in [7, 11) is -3.10. The normalized spacial score (nSPS) is 21.4. The summed E-state index contributed by atoms with van der Waals surface area (Å²) in [5, 5.41) is 6.33. The molecule has 7 nitrogen and oxygen atoms in total. The van der Waals surface area contributed by atoms with Gasteiger partial charge in [-0.05, 0) is 13.3 Å². The molecule has 1 saturated heterocycles. The minimum Gasteiger partial charge on any atom is -0.366 e. The van der Waals surface area contributed by atoms with Crippen molar-refractivity contribution < 1.29 is 21.6 Å². The van der Waals surface area contributed by atoms with Gasteiger partial charge in [-0.1, -0.05) is 0 Å². The molecule has 1 atom stereocenters. The highest BCUT2D eigenvalue weighted by Crippen LogP contribution is 2.27. The van der Waals surface area contributed by atoms with Crippen LogP contribution in [-0.4, -0.2) is 45.5 Å². The molecule has 0 aromatic carbocycles. The summed E-state index contributed by atoms with van der Waals surface area (Å²) in [6.45, 7) is 1.61. The second-order valence-corrected chi connectivity index (χ2v) is 7.40. The van der Waals surface area contributed by atoms with E-state index in [0.29, 0.717) is 12.1 Å². The van der Waals surface area contributed by atoms with Crippen LogP contribution in [0.4, 0.5) is 19.0 Å². The molecule has 120 valence electrons. The third kappa shape index (κ3) is 2.85. The van der Waals surface area contributed by atoms with Crippen molar-refractivity contribution in [3.05, 3.63) is 17.6 Å². The van der Waals surface area contributed by atoms with Gasteiger partial charge in [-0.15, -0.1) is 5.10 Å². The van der Waals surface area contributed by atoms with E-state index in [1.54, 1.807) is 6.92 Å². The Hall–Kier alpha value is -1.91. The Morgan fingerprint density at radius 1 is 1.36 bits per heavy atom. The van der Waals surface area contributed by atoms with Crippen molar-refractivity contribution in [2.75, 3.05) is 16.8 Å². The van der Waals surface area contributed by atoms with E-state index in [4.69, 9.17) is 0 Å². The fraction of sp³-hybridized carbons (Fsp3) is 0.545. The first-order valence-corrected chi connectivity index (χ1v) is 8.25. The van der Waals surface area contributed by atoms with Gasteiger partial charge in [0.25, 0.3) is 11.6 Å². The van der Waals surface area contributed by atoms with Gasteiger partial charge in [-0.2, -0.15) is 22.7 Å². The van der Waals surface area contributed by atoms with Crippen LogP contribution in [0.25, 0.3) is 5.78 Å². The fourth-order valence-corrected chi connectivity index (χ4v) is 4.00. The number of nitrogens with one attached hydrogen (secondary N) is 1. The number of alkyl halides is 3. The van der Waals surface area contributed by atoms with Gasteiger partial charge in [-0.3, -0.25) is 0 Å². The molecular weight excluding hydrogens is 323 g/mol. The minimum absolute atomic E-state index is 0.0586. The fourth-order valence-electron chi connectivity index (χ4n) is 2.33. The van der Waals surface area contributed by atoms with Crippen LogP contribution in [0, 0.1) is 6.92 Å². The molecule has 3 rings (SSSR count). The monoisotopic (exact) mass is 335 g/mol. The van der Waals surface area contributed by atoms with Crippen LogP contribution >= 0.6 is 0 Å². The molecule has 22 heavy (non-hydrogen) atoms. The molecule has 1 aliphatic heterocycles. The summed E-state index contributed by atoms with van der Waals surface area (Å²) in [4.78, 5) is 7.27. The van der Waals surface area contributed by atoms with Crippen molar-refractivity contribution in [3.63, 3.8) is 0 Å². The average Bonchev–Trinajstić information content (AvgIpc) is 2.92. The first kappa shape index (κ1) is 15.0. The minimum atomic E-state index is -4.67. The molecule has 0 spiro atoms. The first-order chi connectivity index (χ1) is 10.1. The summed E-state index contributed by atoms with van der Waals surface area (Å²) in [6, 6.07) is 1.14. The summed E-state index contributed by atoms with van der Waals surface area (Å²) in [5.41, 5.74) is 0.456. The Bertz CT molecular complexity index is 830. The lowest BCUT2D eigenvalue weighted by atomic mass is 10.2. The van der Waals surface area contributed by atoms with E-state index < -0.39 is 21.8 Å². The Balaban J connectivity index is 2.00. The molecule has 2 aromatic heterocycles. The van der Waals surface area contributed by atoms with Crippen LogP contribution in [0.1, 0.15) is 17.9 Å². The predicted octanol–water partition coefficient (Wildman–Crippen LogP) is 1.05. The van der Waals surface area contributed by atoms with E-state index in [-0.39, 0.29) is 29.1 Å². The molecule has 1 fully saturated rings. The van der Waals surface area contributed by atoms with Gasteiger partial charge in [0.2, 0.25) is 0 Å². The first-order valence-electron chi connectivity index (χ1n) is 6.43. The number of hydrogen-bond donors (Lipinski definition) is 1. The summed E-state index contributed by atoms with van der Waals surface area (Å²) in [5.74, 6) is -1.23. The average molecular weight is 335 g/mol. The number of hydrogen-bond acceptors (Lipinski definition) is 6. The smallest absolute Gasteiger partial charge is 0.366 e. The quantitative estimate of drug-likeness (QED) is 0.882. The van der Waals surface area contributed by atoms with Crippen molar-refractivity contribution in [2.24, 2.45) is 0 Å². The summed E-state index contributed by atoms with van der Waals surface area (Å²) >= 11 is 0. The van der Waals surface area contributed by atoms with Gasteiger partial charge in [0, 0.05) is 17.8 Å². The van der Waals surface area contributed by atoms with E-state index in [0.717, 1.165) is 4.52 Å². The third-order valence-electron chi connectivity index (χ3n) is 3.28. The predicted molar refractivity (Wildman–Crippen MR) is 71.2 cm³/mol. The van der Waals surface area contributed by atoms with Crippen molar-refractivity contribution in [3.8, 4) is 0 Å². The van der Waals surface area contributed by atoms with Crippen molar-refractivity contribution in [1.29, 1.82) is 0 Å². The van der Waals surface area contributed by atoms with Gasteiger partial charge < -0.3 is 5.32 Å². The van der Waals surface area contributed by atoms with Crippen LogP contribution in [0.3, 0.4) is 0 Å². The van der Waals surface area contributed by atoms with Crippen molar-refractivity contribution >= 4 is 21.4 Å². The number of fused-ring (bicyclic) bond motifs is 1. The van der Waals surface area contributed by atoms with E-state index in [2.05, 4.69) is 20.4 Å². The maximum atomic E-state index is 12.7. The number of nitrogens with zero attached hydrogens (tertiary/aromatic N) is 4. The largest absolute Gasteiger partial charge is 0.453 e. The summed E-state index contributed by atoms with van der Waals surface area (Å²) < 4.78 is 62.0. The number of rotatable bonds is 2. The zero-order chi connectivity index (χ0) is 16.1. The summed E-state index contributed by atoms with van der Waals surface area (Å²) in [6.07, 6.45) is -4.28. The van der Waals surface area contributed by atoms with Gasteiger partial charge in [-0.25, -0.2) is 13.4 Å². The number of halogens is 3. The SMILES string of the molecule is Cc1cc(N[C@H]2CCS(=O)(=O)C2)n2nc(C(F)(F)F)nc2n1. The third-order valence-corrected chi connectivity index (χ3v) is 5.05. The van der Waals surface area contributed by atoms with E-state index in [9.17, 15) is 21.6 Å². The number of aromatic nitrogens is 4. The molecule has 0 amide bonds. The highest BCUT2D eigenvalue weighted by Gasteiger charge is 2.37. The molecule has 3 heterocycles. The maximum absolute atomic E-state index is 12.7. The van der Waals surface area contributed by atoms with Crippen LogP contribution in [0.2, 0.25) is 0 Å². The van der Waals surface area contributed by atoms with Crippen LogP contribution < -0.4 is 5.32 Å². The van der Waals surface area contributed by atoms with Gasteiger partial charge in [0.05, 0.1) is 11.5 Å². The van der Waals surface area contributed by atoms with E-state index in [1.807, 2.05) is 0 Å². The molecule has 11 heteroatoms. The lowest BCUT2D eigenvalue weighted by Gasteiger charge is -2.13. The van der Waals surface area contributed by atoms with Gasteiger partial charge in [0.15, 0.2) is 9.84 Å². The number of sulfone groups is 1. The van der Waals surface area contributed by atoms with E-state index in [1.165, 1.54) is 6.07 Å². The Labute approximate surface area is 123 Å². The Kier molecular flexibility index (Phi) is 3.27. The Morgan fingerprint density at radius 2 is 2.09 bits per heavy atom. The van der Waals surface area contributed by atoms with Gasteiger partial charge in [0.1, 0.15) is 5.82 Å². The van der Waals surface area contributed by atoms with Gasteiger partial charge >= 0.3 is 6.18 Å². The highest BCUT2D eigenvalue weighted by molar-refractivity contribution is 7.91. The lowest BCUT2D eigenvalue weighted by molar-refractivity contribution is -0.144. The Morgan fingerprint density at radius 3 is 2.68 bits per heavy atom. The zero-order valence-corrected chi connectivity index (χ0v) is 12.2. The lowest BCUT2D eigenvalue weighted by Crippen LogP contribution is -2.22. The molecule has 2 aromatic rings. The van der Waals surface area contributed by atoms with Crippen molar-refractivity contribution in [2.45, 2.75) is 25.6 Å². The van der Waals surface area contributed by atoms with Crippen LogP contribution in [-0.2, 0) is 16.0 Å². The van der Waals surface area contributed by atoms with Crippen molar-refractivity contribution in [1.82, 2.24) is 19.6 Å². The second-order valence-electron chi connectivity index (χ2n) is 5.17. The molecule has 0 unspecified atom stereocenters. The zero-order valence-electron chi connectivity index (χ0n) is 11.4. The number of aryl methyl sites for hydroxylation is 1. The number of anilines is 1. The maximum Gasteiger partial charge on any atom is 0.453 e. The molecular formula is C11H12F3N5O2S.